The van der Waals surface area contributed by atoms with Crippen LogP contribution in [0.1, 0.15) is 45.5 Å². The predicted octanol–water partition coefficient (Wildman–Crippen LogP) is 4.14. The van der Waals surface area contributed by atoms with Crippen LogP contribution in [0.15, 0.2) is 30.3 Å². The summed E-state index contributed by atoms with van der Waals surface area (Å²) in [5.41, 5.74) is 9.49. The summed E-state index contributed by atoms with van der Waals surface area (Å²) < 4.78 is 0. The summed E-state index contributed by atoms with van der Waals surface area (Å²) in [6.07, 6.45) is 8.25. The lowest BCUT2D eigenvalue weighted by molar-refractivity contribution is 0.112. The van der Waals surface area contributed by atoms with E-state index in [1.807, 2.05) is 6.07 Å². The molecule has 0 saturated heterocycles. The lowest BCUT2D eigenvalue weighted by atomic mass is 9.80. The first-order chi connectivity index (χ1) is 9.85. The largest absolute Gasteiger partial charge is 0.298 e. The molecule has 0 atom stereocenters. The maximum atomic E-state index is 10.9. The third-order valence-corrected chi connectivity index (χ3v) is 4.79. The maximum absolute atomic E-state index is 10.9. The highest BCUT2D eigenvalue weighted by Crippen LogP contribution is 2.37. The number of hydrogen-bond donors (Lipinski definition) is 0. The Morgan fingerprint density at radius 1 is 0.700 bits per heavy atom. The predicted molar refractivity (Wildman–Crippen MR) is 81.3 cm³/mol. The number of fused-ring (bicyclic) bond motifs is 4. The standard InChI is InChI=1S/C19H18O/c20-12-13-5-8-18-16(9-13)6-7-17-10-14-3-1-2-4-15(14)11-19(17)18/h5,8-12H,1-4,6-7H2. The minimum atomic E-state index is 0.796. The Kier molecular flexibility index (Phi) is 2.73. The summed E-state index contributed by atoms with van der Waals surface area (Å²) in [5.74, 6) is 0. The molecule has 0 spiro atoms. The smallest absolute Gasteiger partial charge is 0.150 e. The summed E-state index contributed by atoms with van der Waals surface area (Å²) in [7, 11) is 0. The highest BCUT2D eigenvalue weighted by molar-refractivity contribution is 5.81. The van der Waals surface area contributed by atoms with Gasteiger partial charge in [-0.25, -0.2) is 0 Å². The minimum absolute atomic E-state index is 0.796. The molecule has 0 bridgehead atoms. The topological polar surface area (TPSA) is 17.1 Å². The summed E-state index contributed by atoms with van der Waals surface area (Å²) in [5, 5.41) is 0. The van der Waals surface area contributed by atoms with Crippen LogP contribution in [0.5, 0.6) is 0 Å². The number of carbonyl (C=O) groups excluding carboxylic acids is 1. The van der Waals surface area contributed by atoms with Crippen molar-refractivity contribution >= 4 is 6.29 Å². The van der Waals surface area contributed by atoms with Gasteiger partial charge in [-0.3, -0.25) is 4.79 Å². The summed E-state index contributed by atoms with van der Waals surface area (Å²) in [4.78, 5) is 10.9. The van der Waals surface area contributed by atoms with E-state index in [9.17, 15) is 4.79 Å². The van der Waals surface area contributed by atoms with E-state index in [1.54, 1.807) is 11.1 Å². The Morgan fingerprint density at radius 2 is 1.40 bits per heavy atom. The van der Waals surface area contributed by atoms with E-state index in [1.165, 1.54) is 47.9 Å². The van der Waals surface area contributed by atoms with Crippen molar-refractivity contribution in [3.63, 3.8) is 0 Å². The average molecular weight is 262 g/mol. The van der Waals surface area contributed by atoms with Crippen molar-refractivity contribution in [2.45, 2.75) is 38.5 Å². The van der Waals surface area contributed by atoms with E-state index in [0.29, 0.717) is 0 Å². The van der Waals surface area contributed by atoms with E-state index in [2.05, 4.69) is 24.3 Å². The third-order valence-electron chi connectivity index (χ3n) is 4.79. The highest BCUT2D eigenvalue weighted by atomic mass is 16.1. The molecule has 0 amide bonds. The van der Waals surface area contributed by atoms with Crippen LogP contribution in [0.4, 0.5) is 0 Å². The van der Waals surface area contributed by atoms with Gasteiger partial charge in [0.15, 0.2) is 0 Å². The molecule has 0 aliphatic heterocycles. The number of benzene rings is 2. The average Bonchev–Trinajstić information content (AvgIpc) is 2.52. The van der Waals surface area contributed by atoms with Crippen LogP contribution in [0.3, 0.4) is 0 Å². The number of carbonyl (C=O) groups is 1. The molecule has 1 nitrogen and oxygen atoms in total. The highest BCUT2D eigenvalue weighted by Gasteiger charge is 2.19. The molecule has 1 heteroatoms. The molecule has 0 unspecified atom stereocenters. The zero-order chi connectivity index (χ0) is 13.5. The lowest BCUT2D eigenvalue weighted by Crippen LogP contribution is -2.09. The molecule has 0 saturated carbocycles. The first-order valence-electron chi connectivity index (χ1n) is 7.58. The van der Waals surface area contributed by atoms with E-state index in [4.69, 9.17) is 0 Å². The van der Waals surface area contributed by atoms with Gasteiger partial charge in [0.1, 0.15) is 6.29 Å². The van der Waals surface area contributed by atoms with Crippen molar-refractivity contribution in [1.29, 1.82) is 0 Å². The number of aryl methyl sites for hydroxylation is 4. The van der Waals surface area contributed by atoms with Crippen molar-refractivity contribution in [1.82, 2.24) is 0 Å². The molecule has 0 aromatic heterocycles. The van der Waals surface area contributed by atoms with Gasteiger partial charge >= 0.3 is 0 Å². The molecule has 0 fully saturated rings. The lowest BCUT2D eigenvalue weighted by Gasteiger charge is -2.24. The Labute approximate surface area is 119 Å². The normalized spacial score (nSPS) is 16.0. The fraction of sp³-hybridized carbons (Fsp3) is 0.316. The van der Waals surface area contributed by atoms with E-state index in [-0.39, 0.29) is 0 Å². The van der Waals surface area contributed by atoms with Crippen LogP contribution >= 0.6 is 0 Å². The van der Waals surface area contributed by atoms with Crippen LogP contribution in [-0.4, -0.2) is 6.29 Å². The summed E-state index contributed by atoms with van der Waals surface area (Å²) in [6, 6.07) is 11.0. The van der Waals surface area contributed by atoms with Crippen molar-refractivity contribution in [2.24, 2.45) is 0 Å². The van der Waals surface area contributed by atoms with Crippen molar-refractivity contribution in [3.8, 4) is 11.1 Å². The first-order valence-corrected chi connectivity index (χ1v) is 7.58. The second-order valence-electron chi connectivity index (χ2n) is 6.02. The molecular weight excluding hydrogens is 244 g/mol. The van der Waals surface area contributed by atoms with Gasteiger partial charge in [0.05, 0.1) is 0 Å². The van der Waals surface area contributed by atoms with Crippen molar-refractivity contribution in [3.05, 3.63) is 58.1 Å². The Balaban J connectivity index is 1.88. The quantitative estimate of drug-likeness (QED) is 0.706. The fourth-order valence-electron chi connectivity index (χ4n) is 3.72. The molecule has 0 radical (unpaired) electrons. The maximum Gasteiger partial charge on any atom is 0.150 e. The molecule has 2 aliphatic rings. The van der Waals surface area contributed by atoms with E-state index in [0.717, 1.165) is 24.7 Å². The molecular formula is C19H18O. The van der Waals surface area contributed by atoms with Crippen LogP contribution in [0.2, 0.25) is 0 Å². The van der Waals surface area contributed by atoms with E-state index >= 15 is 0 Å². The van der Waals surface area contributed by atoms with Crippen LogP contribution in [0, 0.1) is 0 Å². The molecule has 4 rings (SSSR count). The molecule has 20 heavy (non-hydrogen) atoms. The van der Waals surface area contributed by atoms with Gasteiger partial charge in [-0.05, 0) is 78.0 Å². The molecule has 2 aromatic carbocycles. The van der Waals surface area contributed by atoms with Crippen molar-refractivity contribution < 1.29 is 4.79 Å². The molecule has 0 N–H and O–H groups in total. The Hall–Kier alpha value is -1.89. The Bertz CT molecular complexity index is 697. The monoisotopic (exact) mass is 262 g/mol. The minimum Gasteiger partial charge on any atom is -0.298 e. The molecule has 2 aliphatic carbocycles. The number of hydrogen-bond acceptors (Lipinski definition) is 1. The molecule has 2 aromatic rings. The van der Waals surface area contributed by atoms with E-state index < -0.39 is 0 Å². The summed E-state index contributed by atoms with van der Waals surface area (Å²) >= 11 is 0. The SMILES string of the molecule is O=Cc1ccc2c(c1)CCc1cc3c(cc1-2)CCCC3. The van der Waals surface area contributed by atoms with Crippen LogP contribution in [-0.2, 0) is 25.7 Å². The van der Waals surface area contributed by atoms with Gasteiger partial charge in [-0.2, -0.15) is 0 Å². The van der Waals surface area contributed by atoms with Crippen LogP contribution < -0.4 is 0 Å². The van der Waals surface area contributed by atoms with Gasteiger partial charge in [-0.1, -0.05) is 24.3 Å². The third kappa shape index (κ3) is 1.81. The number of rotatable bonds is 1. The zero-order valence-electron chi connectivity index (χ0n) is 11.6. The second-order valence-corrected chi connectivity index (χ2v) is 6.02. The first kappa shape index (κ1) is 11.9. The Morgan fingerprint density at radius 3 is 2.15 bits per heavy atom. The van der Waals surface area contributed by atoms with Gasteiger partial charge in [0, 0.05) is 5.56 Å². The van der Waals surface area contributed by atoms with Gasteiger partial charge in [-0.15, -0.1) is 0 Å². The fourth-order valence-corrected chi connectivity index (χ4v) is 3.72. The molecule has 100 valence electrons. The van der Waals surface area contributed by atoms with Gasteiger partial charge in [0.2, 0.25) is 0 Å². The van der Waals surface area contributed by atoms with Crippen LogP contribution in [0.25, 0.3) is 11.1 Å². The zero-order valence-corrected chi connectivity index (χ0v) is 11.6. The second kappa shape index (κ2) is 4.59. The van der Waals surface area contributed by atoms with Gasteiger partial charge in [0.25, 0.3) is 0 Å². The van der Waals surface area contributed by atoms with Gasteiger partial charge < -0.3 is 0 Å². The van der Waals surface area contributed by atoms with Crippen molar-refractivity contribution in [2.75, 3.05) is 0 Å². The summed E-state index contributed by atoms with van der Waals surface area (Å²) in [6.45, 7) is 0. The molecule has 0 heterocycles. The number of aldehydes is 1.